The summed E-state index contributed by atoms with van der Waals surface area (Å²) in [6.07, 6.45) is -3.55. The number of hydrogen-bond acceptors (Lipinski definition) is 4. The monoisotopic (exact) mass is 403 g/mol. The molecule has 1 saturated heterocycles. The number of carbonyl (C=O) groups excluding carboxylic acids is 1. The molecule has 1 aliphatic heterocycles. The molecule has 1 unspecified atom stereocenters. The Hall–Kier alpha value is -3.21. The second kappa shape index (κ2) is 8.43. The van der Waals surface area contributed by atoms with Crippen molar-refractivity contribution in [2.45, 2.75) is 32.0 Å². The molecule has 1 atom stereocenters. The Morgan fingerprint density at radius 2 is 1.83 bits per heavy atom. The second-order valence-corrected chi connectivity index (χ2v) is 6.81. The third-order valence-corrected chi connectivity index (χ3v) is 4.69. The summed E-state index contributed by atoms with van der Waals surface area (Å²) in [5.41, 5.74) is 0.307. The standard InChI is InChI=1S/C21H20F3N3O2/c1-14(29-17-7-4-15(13-25)5-8-17)20(28)26-18-12-16(21(22,23)24)6-9-19(18)27-10-2-3-11-27/h4-9,12,14H,2-3,10-11H2,1H3,(H,26,28). The predicted octanol–water partition coefficient (Wildman–Crippen LogP) is 4.58. The summed E-state index contributed by atoms with van der Waals surface area (Å²) < 4.78 is 45.0. The van der Waals surface area contributed by atoms with Crippen LogP contribution in [0.15, 0.2) is 42.5 Å². The van der Waals surface area contributed by atoms with Crippen LogP contribution in [0.4, 0.5) is 24.5 Å². The van der Waals surface area contributed by atoms with Crippen molar-refractivity contribution in [3.05, 3.63) is 53.6 Å². The summed E-state index contributed by atoms with van der Waals surface area (Å²) in [5, 5.41) is 11.4. The van der Waals surface area contributed by atoms with Gasteiger partial charge in [-0.3, -0.25) is 4.79 Å². The van der Waals surface area contributed by atoms with E-state index in [1.807, 2.05) is 11.0 Å². The van der Waals surface area contributed by atoms with Crippen molar-refractivity contribution in [3.63, 3.8) is 0 Å². The van der Waals surface area contributed by atoms with Crippen molar-refractivity contribution >= 4 is 17.3 Å². The van der Waals surface area contributed by atoms with Gasteiger partial charge in [0.2, 0.25) is 0 Å². The Labute approximate surface area is 166 Å². The molecule has 152 valence electrons. The fraction of sp³-hybridized carbons (Fsp3) is 0.333. The first-order valence-electron chi connectivity index (χ1n) is 9.22. The third kappa shape index (κ3) is 4.99. The molecule has 1 N–H and O–H groups in total. The van der Waals surface area contributed by atoms with E-state index in [9.17, 15) is 18.0 Å². The van der Waals surface area contributed by atoms with Crippen LogP contribution >= 0.6 is 0 Å². The van der Waals surface area contributed by atoms with Crippen LogP contribution in [0, 0.1) is 11.3 Å². The summed E-state index contributed by atoms with van der Waals surface area (Å²) in [6.45, 7) is 2.97. The van der Waals surface area contributed by atoms with Crippen molar-refractivity contribution in [1.29, 1.82) is 5.26 Å². The van der Waals surface area contributed by atoms with E-state index in [4.69, 9.17) is 10.00 Å². The zero-order chi connectivity index (χ0) is 21.0. The molecule has 0 saturated carbocycles. The number of amides is 1. The first kappa shape index (κ1) is 20.5. The lowest BCUT2D eigenvalue weighted by Crippen LogP contribution is -2.31. The van der Waals surface area contributed by atoms with Crippen LogP contribution in [-0.2, 0) is 11.0 Å². The van der Waals surface area contributed by atoms with Gasteiger partial charge in [0.25, 0.3) is 5.91 Å². The average Bonchev–Trinajstić information content (AvgIpc) is 3.22. The minimum Gasteiger partial charge on any atom is -0.481 e. The normalized spacial score (nSPS) is 14.9. The quantitative estimate of drug-likeness (QED) is 0.794. The molecule has 0 spiro atoms. The van der Waals surface area contributed by atoms with E-state index in [0.717, 1.165) is 38.1 Å². The van der Waals surface area contributed by atoms with Gasteiger partial charge < -0.3 is 15.0 Å². The Bertz CT molecular complexity index is 914. The molecule has 2 aromatic rings. The molecule has 0 aromatic heterocycles. The number of benzene rings is 2. The van der Waals surface area contributed by atoms with Crippen LogP contribution in [-0.4, -0.2) is 25.1 Å². The highest BCUT2D eigenvalue weighted by atomic mass is 19.4. The van der Waals surface area contributed by atoms with Crippen molar-refractivity contribution in [2.24, 2.45) is 0 Å². The van der Waals surface area contributed by atoms with E-state index >= 15 is 0 Å². The predicted molar refractivity (Wildman–Crippen MR) is 103 cm³/mol. The molecule has 1 aliphatic rings. The number of nitrogens with zero attached hydrogens (tertiary/aromatic N) is 2. The molecule has 1 amide bonds. The Morgan fingerprint density at radius 1 is 1.17 bits per heavy atom. The maximum absolute atomic E-state index is 13.1. The highest BCUT2D eigenvalue weighted by Gasteiger charge is 2.32. The van der Waals surface area contributed by atoms with Gasteiger partial charge in [0.05, 0.1) is 28.6 Å². The Kier molecular flexibility index (Phi) is 5.97. The largest absolute Gasteiger partial charge is 0.481 e. The first-order valence-corrected chi connectivity index (χ1v) is 9.22. The molecule has 2 aromatic carbocycles. The summed E-state index contributed by atoms with van der Waals surface area (Å²) in [7, 11) is 0. The van der Waals surface area contributed by atoms with E-state index in [0.29, 0.717) is 17.0 Å². The maximum atomic E-state index is 13.1. The molecular formula is C21H20F3N3O2. The van der Waals surface area contributed by atoms with Gasteiger partial charge in [-0.25, -0.2) is 0 Å². The Morgan fingerprint density at radius 3 is 2.41 bits per heavy atom. The number of nitriles is 1. The lowest BCUT2D eigenvalue weighted by Gasteiger charge is -2.24. The van der Waals surface area contributed by atoms with Gasteiger partial charge >= 0.3 is 6.18 Å². The van der Waals surface area contributed by atoms with Gasteiger partial charge in [0.1, 0.15) is 5.75 Å². The van der Waals surface area contributed by atoms with Crippen molar-refractivity contribution in [1.82, 2.24) is 0 Å². The number of alkyl halides is 3. The number of rotatable bonds is 5. The zero-order valence-corrected chi connectivity index (χ0v) is 15.8. The average molecular weight is 403 g/mol. The highest BCUT2D eigenvalue weighted by molar-refractivity contribution is 5.97. The van der Waals surface area contributed by atoms with E-state index in [1.165, 1.54) is 13.0 Å². The van der Waals surface area contributed by atoms with E-state index in [-0.39, 0.29) is 5.69 Å². The lowest BCUT2D eigenvalue weighted by atomic mass is 10.1. The highest BCUT2D eigenvalue weighted by Crippen LogP contribution is 2.36. The molecule has 8 heteroatoms. The molecule has 1 heterocycles. The van der Waals surface area contributed by atoms with Crippen molar-refractivity contribution in [3.8, 4) is 11.8 Å². The molecule has 0 radical (unpaired) electrons. The second-order valence-electron chi connectivity index (χ2n) is 6.81. The number of anilines is 2. The molecular weight excluding hydrogens is 383 g/mol. The number of ether oxygens (including phenoxy) is 1. The van der Waals surface area contributed by atoms with Crippen LogP contribution in [0.1, 0.15) is 30.9 Å². The van der Waals surface area contributed by atoms with Gasteiger partial charge in [0.15, 0.2) is 6.10 Å². The fourth-order valence-electron chi connectivity index (χ4n) is 3.15. The summed E-state index contributed by atoms with van der Waals surface area (Å²) >= 11 is 0. The lowest BCUT2D eigenvalue weighted by molar-refractivity contribution is -0.137. The van der Waals surface area contributed by atoms with Gasteiger partial charge in [-0.05, 0) is 62.2 Å². The van der Waals surface area contributed by atoms with E-state index in [1.54, 1.807) is 24.3 Å². The minimum atomic E-state index is -4.51. The zero-order valence-electron chi connectivity index (χ0n) is 15.8. The van der Waals surface area contributed by atoms with E-state index < -0.39 is 23.8 Å². The molecule has 0 bridgehead atoms. The van der Waals surface area contributed by atoms with Crippen LogP contribution in [0.5, 0.6) is 5.75 Å². The van der Waals surface area contributed by atoms with Gasteiger partial charge in [0, 0.05) is 13.1 Å². The maximum Gasteiger partial charge on any atom is 0.416 e. The molecule has 5 nitrogen and oxygen atoms in total. The third-order valence-electron chi connectivity index (χ3n) is 4.69. The SMILES string of the molecule is CC(Oc1ccc(C#N)cc1)C(=O)Nc1cc(C(F)(F)F)ccc1N1CCCC1. The van der Waals surface area contributed by atoms with Crippen molar-refractivity contribution in [2.75, 3.05) is 23.3 Å². The molecule has 0 aliphatic carbocycles. The van der Waals surface area contributed by atoms with Crippen LogP contribution < -0.4 is 15.0 Å². The molecule has 29 heavy (non-hydrogen) atoms. The van der Waals surface area contributed by atoms with Gasteiger partial charge in [-0.1, -0.05) is 0 Å². The van der Waals surface area contributed by atoms with E-state index in [2.05, 4.69) is 5.32 Å². The Balaban J connectivity index is 1.78. The fourth-order valence-corrected chi connectivity index (χ4v) is 3.15. The minimum absolute atomic E-state index is 0.113. The molecule has 1 fully saturated rings. The first-order chi connectivity index (χ1) is 13.8. The summed E-state index contributed by atoms with van der Waals surface area (Å²) in [6, 6.07) is 11.6. The summed E-state index contributed by atoms with van der Waals surface area (Å²) in [4.78, 5) is 14.5. The number of nitrogens with one attached hydrogen (secondary N) is 1. The number of halogens is 3. The number of carbonyl (C=O) groups is 1. The van der Waals surface area contributed by atoms with Crippen molar-refractivity contribution < 1.29 is 22.7 Å². The van der Waals surface area contributed by atoms with Gasteiger partial charge in [-0.15, -0.1) is 0 Å². The summed E-state index contributed by atoms with van der Waals surface area (Å²) in [5.74, 6) is -0.176. The number of hydrogen-bond donors (Lipinski definition) is 1. The van der Waals surface area contributed by atoms with Crippen LogP contribution in [0.2, 0.25) is 0 Å². The topological polar surface area (TPSA) is 65.4 Å². The van der Waals surface area contributed by atoms with Gasteiger partial charge in [-0.2, -0.15) is 18.4 Å². The van der Waals surface area contributed by atoms with Crippen LogP contribution in [0.3, 0.4) is 0 Å². The van der Waals surface area contributed by atoms with Crippen LogP contribution in [0.25, 0.3) is 0 Å². The smallest absolute Gasteiger partial charge is 0.416 e. The molecule has 3 rings (SSSR count).